The Balaban J connectivity index is 2.42. The van der Waals surface area contributed by atoms with Gasteiger partial charge >= 0.3 is 5.97 Å². The van der Waals surface area contributed by atoms with Gasteiger partial charge in [0.15, 0.2) is 0 Å². The van der Waals surface area contributed by atoms with Crippen molar-refractivity contribution in [2.45, 2.75) is 26.2 Å². The molecular weight excluding hydrogens is 252 g/mol. The quantitative estimate of drug-likeness (QED) is 0.781. The van der Waals surface area contributed by atoms with Gasteiger partial charge in [-0.1, -0.05) is 42.5 Å². The zero-order valence-corrected chi connectivity index (χ0v) is 11.8. The van der Waals surface area contributed by atoms with Crippen molar-refractivity contribution in [1.82, 2.24) is 0 Å². The second-order valence-corrected chi connectivity index (χ2v) is 4.74. The zero-order valence-electron chi connectivity index (χ0n) is 11.8. The molecule has 0 aliphatic rings. The SMILES string of the molecule is CCOC(=O)CC(C(C)=O)c1cccc2ccccc12. The second-order valence-electron chi connectivity index (χ2n) is 4.74. The molecule has 2 aromatic rings. The van der Waals surface area contributed by atoms with Crippen LogP contribution < -0.4 is 0 Å². The molecule has 0 aliphatic heterocycles. The van der Waals surface area contributed by atoms with Crippen LogP contribution in [0, 0.1) is 0 Å². The van der Waals surface area contributed by atoms with Gasteiger partial charge in [0.25, 0.3) is 0 Å². The summed E-state index contributed by atoms with van der Waals surface area (Å²) in [6, 6.07) is 13.7. The molecule has 1 unspecified atom stereocenters. The number of ketones is 1. The molecule has 0 aliphatic carbocycles. The number of carbonyl (C=O) groups excluding carboxylic acids is 2. The summed E-state index contributed by atoms with van der Waals surface area (Å²) in [5.41, 5.74) is 0.892. The van der Waals surface area contributed by atoms with E-state index in [4.69, 9.17) is 4.74 Å². The first kappa shape index (κ1) is 14.3. The third-order valence-corrected chi connectivity index (χ3v) is 3.37. The van der Waals surface area contributed by atoms with Gasteiger partial charge in [-0.25, -0.2) is 0 Å². The summed E-state index contributed by atoms with van der Waals surface area (Å²) in [6.45, 7) is 3.61. The van der Waals surface area contributed by atoms with Crippen molar-refractivity contribution in [3.05, 3.63) is 48.0 Å². The van der Waals surface area contributed by atoms with E-state index < -0.39 is 5.92 Å². The average molecular weight is 270 g/mol. The molecule has 0 spiro atoms. The van der Waals surface area contributed by atoms with Crippen molar-refractivity contribution in [2.75, 3.05) is 6.61 Å². The van der Waals surface area contributed by atoms with Crippen molar-refractivity contribution in [3.63, 3.8) is 0 Å². The van der Waals surface area contributed by atoms with Crippen LogP contribution in [-0.4, -0.2) is 18.4 Å². The van der Waals surface area contributed by atoms with E-state index in [1.165, 1.54) is 6.92 Å². The largest absolute Gasteiger partial charge is 0.466 e. The summed E-state index contributed by atoms with van der Waals surface area (Å²) in [5, 5.41) is 2.08. The number of fused-ring (bicyclic) bond motifs is 1. The highest BCUT2D eigenvalue weighted by Gasteiger charge is 2.22. The summed E-state index contributed by atoms with van der Waals surface area (Å²) < 4.78 is 4.96. The van der Waals surface area contributed by atoms with E-state index in [0.717, 1.165) is 16.3 Å². The monoisotopic (exact) mass is 270 g/mol. The van der Waals surface area contributed by atoms with Crippen molar-refractivity contribution in [2.24, 2.45) is 0 Å². The maximum absolute atomic E-state index is 11.9. The van der Waals surface area contributed by atoms with Crippen molar-refractivity contribution < 1.29 is 14.3 Å². The van der Waals surface area contributed by atoms with E-state index >= 15 is 0 Å². The number of Topliss-reactive ketones (excluding diaryl/α,β-unsaturated/α-hetero) is 1. The Kier molecular flexibility index (Phi) is 4.51. The Morgan fingerprint density at radius 2 is 1.80 bits per heavy atom. The number of rotatable bonds is 5. The lowest BCUT2D eigenvalue weighted by Gasteiger charge is -2.16. The molecule has 0 saturated heterocycles. The second kappa shape index (κ2) is 6.33. The maximum atomic E-state index is 11.9. The van der Waals surface area contributed by atoms with Crippen LogP contribution in [0.5, 0.6) is 0 Å². The first-order valence-electron chi connectivity index (χ1n) is 6.77. The highest BCUT2D eigenvalue weighted by atomic mass is 16.5. The molecule has 0 N–H and O–H groups in total. The zero-order chi connectivity index (χ0) is 14.5. The fraction of sp³-hybridized carbons (Fsp3) is 0.294. The van der Waals surface area contributed by atoms with E-state index in [-0.39, 0.29) is 18.2 Å². The first-order chi connectivity index (χ1) is 9.63. The van der Waals surface area contributed by atoms with E-state index in [1.54, 1.807) is 6.92 Å². The molecule has 1 atom stereocenters. The van der Waals surface area contributed by atoms with Gasteiger partial charge in [-0.2, -0.15) is 0 Å². The molecule has 104 valence electrons. The third-order valence-electron chi connectivity index (χ3n) is 3.37. The van der Waals surface area contributed by atoms with Gasteiger partial charge < -0.3 is 4.74 Å². The van der Waals surface area contributed by atoms with Gasteiger partial charge in [-0.05, 0) is 30.2 Å². The highest BCUT2D eigenvalue weighted by molar-refractivity contribution is 5.95. The van der Waals surface area contributed by atoms with Crippen LogP contribution in [0.3, 0.4) is 0 Å². The Morgan fingerprint density at radius 3 is 2.50 bits per heavy atom. The summed E-state index contributed by atoms with van der Waals surface area (Å²) in [6.07, 6.45) is 0.0944. The first-order valence-corrected chi connectivity index (χ1v) is 6.77. The molecular formula is C17H18O3. The third kappa shape index (κ3) is 3.05. The average Bonchev–Trinajstić information content (AvgIpc) is 2.44. The van der Waals surface area contributed by atoms with Crippen molar-refractivity contribution in [1.29, 1.82) is 0 Å². The van der Waals surface area contributed by atoms with Crippen LogP contribution in [0.1, 0.15) is 31.7 Å². The molecule has 2 rings (SSSR count). The van der Waals surface area contributed by atoms with Gasteiger partial charge in [0.2, 0.25) is 0 Å². The number of hydrogen-bond donors (Lipinski definition) is 0. The van der Waals surface area contributed by atoms with E-state index in [0.29, 0.717) is 6.61 Å². The van der Waals surface area contributed by atoms with Crippen LogP contribution in [0.15, 0.2) is 42.5 Å². The lowest BCUT2D eigenvalue weighted by atomic mass is 9.88. The molecule has 3 nitrogen and oxygen atoms in total. The van der Waals surface area contributed by atoms with Gasteiger partial charge in [0.1, 0.15) is 5.78 Å². The van der Waals surface area contributed by atoms with Gasteiger partial charge in [-0.15, -0.1) is 0 Å². The van der Waals surface area contributed by atoms with Crippen LogP contribution >= 0.6 is 0 Å². The summed E-state index contributed by atoms with van der Waals surface area (Å²) >= 11 is 0. The summed E-state index contributed by atoms with van der Waals surface area (Å²) in [7, 11) is 0. The Hall–Kier alpha value is -2.16. The predicted octanol–water partition coefficient (Wildman–Crippen LogP) is 3.47. The van der Waals surface area contributed by atoms with E-state index in [9.17, 15) is 9.59 Å². The minimum atomic E-state index is -0.444. The molecule has 0 amide bonds. The van der Waals surface area contributed by atoms with Gasteiger partial charge in [-0.3, -0.25) is 9.59 Å². The number of carbonyl (C=O) groups is 2. The molecule has 0 saturated carbocycles. The summed E-state index contributed by atoms with van der Waals surface area (Å²) in [4.78, 5) is 23.6. The minimum absolute atomic E-state index is 0.0191. The van der Waals surface area contributed by atoms with Gasteiger partial charge in [0.05, 0.1) is 18.9 Å². The molecule has 0 fully saturated rings. The fourth-order valence-corrected chi connectivity index (χ4v) is 2.41. The molecule has 0 radical (unpaired) electrons. The Labute approximate surface area is 118 Å². The fourth-order valence-electron chi connectivity index (χ4n) is 2.41. The number of esters is 1. The van der Waals surface area contributed by atoms with Crippen molar-refractivity contribution in [3.8, 4) is 0 Å². The van der Waals surface area contributed by atoms with Crippen LogP contribution in [-0.2, 0) is 14.3 Å². The Bertz CT molecular complexity index is 626. The van der Waals surface area contributed by atoms with Crippen molar-refractivity contribution >= 4 is 22.5 Å². The van der Waals surface area contributed by atoms with Crippen LogP contribution in [0.25, 0.3) is 10.8 Å². The number of hydrogen-bond acceptors (Lipinski definition) is 3. The topological polar surface area (TPSA) is 43.4 Å². The van der Waals surface area contributed by atoms with E-state index in [2.05, 4.69) is 0 Å². The van der Waals surface area contributed by atoms with Gasteiger partial charge in [0, 0.05) is 0 Å². The van der Waals surface area contributed by atoms with Crippen LogP contribution in [0.2, 0.25) is 0 Å². The summed E-state index contributed by atoms with van der Waals surface area (Å²) in [5.74, 6) is -0.796. The molecule has 0 aromatic heterocycles. The Morgan fingerprint density at radius 1 is 1.10 bits per heavy atom. The lowest BCUT2D eigenvalue weighted by Crippen LogP contribution is -2.16. The number of benzene rings is 2. The van der Waals surface area contributed by atoms with E-state index in [1.807, 2.05) is 42.5 Å². The minimum Gasteiger partial charge on any atom is -0.466 e. The number of ether oxygens (including phenoxy) is 1. The molecule has 2 aromatic carbocycles. The normalized spacial score (nSPS) is 12.1. The smallest absolute Gasteiger partial charge is 0.306 e. The maximum Gasteiger partial charge on any atom is 0.306 e. The molecule has 3 heteroatoms. The predicted molar refractivity (Wildman–Crippen MR) is 78.6 cm³/mol. The molecule has 20 heavy (non-hydrogen) atoms. The molecule has 0 heterocycles. The highest BCUT2D eigenvalue weighted by Crippen LogP contribution is 2.29. The molecule has 0 bridgehead atoms. The lowest BCUT2D eigenvalue weighted by molar-refractivity contribution is -0.144. The standard InChI is InChI=1S/C17H18O3/c1-3-20-17(19)11-16(12(2)18)15-10-6-8-13-7-4-5-9-14(13)15/h4-10,16H,3,11H2,1-2H3. The van der Waals surface area contributed by atoms with Crippen LogP contribution in [0.4, 0.5) is 0 Å².